The molecule has 0 aliphatic carbocycles. The molecule has 1 fully saturated rings. The molecule has 1 unspecified atom stereocenters. The maximum atomic E-state index is 11.7. The number of rotatable bonds is 3. The highest BCUT2D eigenvalue weighted by molar-refractivity contribution is 7.99. The second-order valence-corrected chi connectivity index (χ2v) is 7.83. The number of sulfone groups is 1. The molecule has 0 saturated carbocycles. The van der Waals surface area contributed by atoms with Crippen molar-refractivity contribution in [1.29, 1.82) is 0 Å². The normalized spacial score (nSPS) is 24.4. The minimum atomic E-state index is -3.15. The summed E-state index contributed by atoms with van der Waals surface area (Å²) in [6.07, 6.45) is 5.44. The Morgan fingerprint density at radius 1 is 1.39 bits per heavy atom. The van der Waals surface area contributed by atoms with Gasteiger partial charge in [0.1, 0.15) is 0 Å². The molecule has 0 bridgehead atoms. The monoisotopic (exact) mass is 285 g/mol. The highest BCUT2D eigenvalue weighted by atomic mass is 32.2. The first-order valence-electron chi connectivity index (χ1n) is 6.00. The largest absolute Gasteiger partial charge is 0.308 e. The molecule has 0 radical (unpaired) electrons. The zero-order valence-corrected chi connectivity index (χ0v) is 12.6. The van der Waals surface area contributed by atoms with Gasteiger partial charge in [0.05, 0.1) is 4.90 Å². The molecule has 1 saturated heterocycles. The van der Waals surface area contributed by atoms with E-state index in [0.717, 1.165) is 17.9 Å². The van der Waals surface area contributed by atoms with Crippen molar-refractivity contribution in [2.75, 3.05) is 19.1 Å². The fourth-order valence-corrected chi connectivity index (χ4v) is 4.42. The first kappa shape index (κ1) is 13.9. The quantitative estimate of drug-likeness (QED) is 0.866. The van der Waals surface area contributed by atoms with Crippen LogP contribution in [0.4, 0.5) is 0 Å². The second kappa shape index (κ2) is 4.87. The Morgan fingerprint density at radius 3 is 2.61 bits per heavy atom. The molecular formula is C13H19NO2S2. The van der Waals surface area contributed by atoms with E-state index in [1.54, 1.807) is 6.07 Å². The summed E-state index contributed by atoms with van der Waals surface area (Å²) in [7, 11) is -3.15. The van der Waals surface area contributed by atoms with Crippen LogP contribution in [0.1, 0.15) is 25.3 Å². The van der Waals surface area contributed by atoms with Gasteiger partial charge in [-0.05, 0) is 50.3 Å². The smallest absolute Gasteiger partial charge is 0.176 e. The van der Waals surface area contributed by atoms with Gasteiger partial charge in [-0.2, -0.15) is 0 Å². The zero-order valence-electron chi connectivity index (χ0n) is 11.0. The lowest BCUT2D eigenvalue weighted by atomic mass is 9.91. The predicted molar refractivity (Wildman–Crippen MR) is 75.9 cm³/mol. The Bertz CT molecular complexity index is 546. The van der Waals surface area contributed by atoms with E-state index in [4.69, 9.17) is 0 Å². The summed E-state index contributed by atoms with van der Waals surface area (Å²) >= 11 is 1.49. The fourth-order valence-electron chi connectivity index (χ4n) is 2.46. The Labute approximate surface area is 113 Å². The molecule has 0 aromatic heterocycles. The molecule has 18 heavy (non-hydrogen) atoms. The van der Waals surface area contributed by atoms with Gasteiger partial charge in [-0.15, -0.1) is 11.8 Å². The average molecular weight is 285 g/mol. The van der Waals surface area contributed by atoms with E-state index in [0.29, 0.717) is 4.90 Å². The van der Waals surface area contributed by atoms with Crippen molar-refractivity contribution in [1.82, 2.24) is 5.32 Å². The number of nitrogens with one attached hydrogen (secondary N) is 1. The van der Waals surface area contributed by atoms with E-state index >= 15 is 0 Å². The van der Waals surface area contributed by atoms with Crippen LogP contribution in [-0.2, 0) is 15.4 Å². The van der Waals surface area contributed by atoms with Gasteiger partial charge < -0.3 is 5.32 Å². The molecule has 5 heteroatoms. The zero-order chi connectivity index (χ0) is 13.4. The van der Waals surface area contributed by atoms with Crippen molar-refractivity contribution < 1.29 is 8.42 Å². The molecule has 1 heterocycles. The highest BCUT2D eigenvalue weighted by Gasteiger charge is 2.30. The van der Waals surface area contributed by atoms with Crippen molar-refractivity contribution in [3.63, 3.8) is 0 Å². The van der Waals surface area contributed by atoms with Gasteiger partial charge in [0.2, 0.25) is 0 Å². The minimum absolute atomic E-state index is 0.0134. The molecular weight excluding hydrogens is 266 g/mol. The van der Waals surface area contributed by atoms with Crippen LogP contribution in [0.2, 0.25) is 0 Å². The van der Waals surface area contributed by atoms with E-state index in [-0.39, 0.29) is 5.54 Å². The summed E-state index contributed by atoms with van der Waals surface area (Å²) in [5, 5.41) is 3.50. The van der Waals surface area contributed by atoms with Crippen molar-refractivity contribution in [2.45, 2.75) is 35.1 Å². The molecule has 1 N–H and O–H groups in total. The fraction of sp³-hybridized carbons (Fsp3) is 0.538. The number of thioether (sulfide) groups is 1. The summed E-state index contributed by atoms with van der Waals surface area (Å²) in [4.78, 5) is 1.27. The van der Waals surface area contributed by atoms with Crippen LogP contribution in [0.5, 0.6) is 0 Å². The summed E-state index contributed by atoms with van der Waals surface area (Å²) in [6, 6.07) is 5.69. The third-order valence-corrected chi connectivity index (χ3v) is 5.63. The maximum Gasteiger partial charge on any atom is 0.176 e. The second-order valence-electron chi connectivity index (χ2n) is 5.00. The van der Waals surface area contributed by atoms with Gasteiger partial charge >= 0.3 is 0 Å². The van der Waals surface area contributed by atoms with Gasteiger partial charge in [0.25, 0.3) is 0 Å². The molecule has 1 aliphatic rings. The third-order valence-electron chi connectivity index (χ3n) is 3.57. The SMILES string of the molecule is CSc1cc(C2(C)CCCN2)ccc1S(C)(=O)=O. The van der Waals surface area contributed by atoms with Crippen LogP contribution in [0.3, 0.4) is 0 Å². The molecule has 1 atom stereocenters. The van der Waals surface area contributed by atoms with Crippen LogP contribution >= 0.6 is 11.8 Å². The topological polar surface area (TPSA) is 46.2 Å². The molecule has 0 amide bonds. The average Bonchev–Trinajstić information content (AvgIpc) is 2.75. The van der Waals surface area contributed by atoms with E-state index in [1.165, 1.54) is 30.0 Å². The number of hydrogen-bond acceptors (Lipinski definition) is 4. The first-order chi connectivity index (χ1) is 8.37. The molecule has 0 spiro atoms. The van der Waals surface area contributed by atoms with Crippen LogP contribution in [0, 0.1) is 0 Å². The van der Waals surface area contributed by atoms with Gasteiger partial charge in [-0.1, -0.05) is 6.07 Å². The van der Waals surface area contributed by atoms with E-state index < -0.39 is 9.84 Å². The molecule has 2 rings (SSSR count). The molecule has 1 aromatic carbocycles. The van der Waals surface area contributed by atoms with Crippen molar-refractivity contribution >= 4 is 21.6 Å². The van der Waals surface area contributed by atoms with Crippen LogP contribution < -0.4 is 5.32 Å². The van der Waals surface area contributed by atoms with Crippen LogP contribution in [-0.4, -0.2) is 27.5 Å². The lowest BCUT2D eigenvalue weighted by molar-refractivity contribution is 0.433. The Morgan fingerprint density at radius 2 is 2.11 bits per heavy atom. The van der Waals surface area contributed by atoms with Crippen molar-refractivity contribution in [2.24, 2.45) is 0 Å². The molecule has 100 valence electrons. The van der Waals surface area contributed by atoms with Crippen molar-refractivity contribution in [3.8, 4) is 0 Å². The van der Waals surface area contributed by atoms with E-state index in [2.05, 4.69) is 12.2 Å². The highest BCUT2D eigenvalue weighted by Crippen LogP contribution is 2.34. The van der Waals surface area contributed by atoms with Crippen LogP contribution in [0.15, 0.2) is 28.0 Å². The lowest BCUT2D eigenvalue weighted by Crippen LogP contribution is -2.33. The Hall–Kier alpha value is -0.520. The van der Waals surface area contributed by atoms with E-state index in [9.17, 15) is 8.42 Å². The van der Waals surface area contributed by atoms with Gasteiger partial charge in [-0.3, -0.25) is 0 Å². The summed E-state index contributed by atoms with van der Waals surface area (Å²) in [5.74, 6) is 0. The lowest BCUT2D eigenvalue weighted by Gasteiger charge is -2.26. The minimum Gasteiger partial charge on any atom is -0.308 e. The Kier molecular flexibility index (Phi) is 3.76. The van der Waals surface area contributed by atoms with E-state index in [1.807, 2.05) is 18.4 Å². The van der Waals surface area contributed by atoms with Gasteiger partial charge in [-0.25, -0.2) is 8.42 Å². The number of hydrogen-bond donors (Lipinski definition) is 1. The summed E-state index contributed by atoms with van der Waals surface area (Å²) in [6.45, 7) is 3.21. The van der Waals surface area contributed by atoms with Crippen LogP contribution in [0.25, 0.3) is 0 Å². The predicted octanol–water partition coefficient (Wildman–Crippen LogP) is 2.41. The molecule has 1 aromatic rings. The standard InChI is InChI=1S/C13H19NO2S2/c1-13(7-4-8-14-13)10-5-6-12(18(3,15)16)11(9-10)17-2/h5-6,9,14H,4,7-8H2,1-3H3. The Balaban J connectivity index is 2.48. The third kappa shape index (κ3) is 2.58. The molecule has 3 nitrogen and oxygen atoms in total. The summed E-state index contributed by atoms with van der Waals surface area (Å²) in [5.41, 5.74) is 1.16. The maximum absolute atomic E-state index is 11.7. The van der Waals surface area contributed by atoms with Gasteiger partial charge in [0.15, 0.2) is 9.84 Å². The summed E-state index contributed by atoms with van der Waals surface area (Å²) < 4.78 is 23.4. The first-order valence-corrected chi connectivity index (χ1v) is 9.12. The van der Waals surface area contributed by atoms with Gasteiger partial charge in [0, 0.05) is 16.7 Å². The number of benzene rings is 1. The van der Waals surface area contributed by atoms with Crippen molar-refractivity contribution in [3.05, 3.63) is 23.8 Å². The molecule has 1 aliphatic heterocycles.